The van der Waals surface area contributed by atoms with Crippen LogP contribution < -0.4 is 0 Å². The Morgan fingerprint density at radius 2 is 1.78 bits per heavy atom. The Kier molecular flexibility index (Phi) is 3.40. The first-order valence-electron chi connectivity index (χ1n) is 6.91. The molecule has 3 rings (SSSR count). The lowest BCUT2D eigenvalue weighted by atomic mass is 10.0. The van der Waals surface area contributed by atoms with E-state index in [0.29, 0.717) is 16.8 Å². The number of aliphatic hydroxyl groups is 1. The molecular weight excluding hydrogens is 307 g/mol. The van der Waals surface area contributed by atoms with Gasteiger partial charge < -0.3 is 5.11 Å². The zero-order valence-corrected chi connectivity index (χ0v) is 12.5. The first-order valence-corrected chi connectivity index (χ1v) is 6.91. The quantitative estimate of drug-likeness (QED) is 0.783. The molecule has 7 heteroatoms. The van der Waals surface area contributed by atoms with Crippen LogP contribution in [0.4, 0.5) is 13.2 Å². The van der Waals surface area contributed by atoms with Crippen LogP contribution in [0.3, 0.4) is 0 Å². The van der Waals surface area contributed by atoms with Gasteiger partial charge in [-0.15, -0.1) is 0 Å². The lowest BCUT2D eigenvalue weighted by Gasteiger charge is -2.18. The first-order chi connectivity index (χ1) is 10.7. The number of alkyl halides is 3. The molecule has 0 aliphatic heterocycles. The summed E-state index contributed by atoms with van der Waals surface area (Å²) < 4.78 is 40.7. The lowest BCUT2D eigenvalue weighted by molar-refractivity contribution is -0.140. The van der Waals surface area contributed by atoms with Gasteiger partial charge in [0.25, 0.3) is 0 Å². The number of nitrogens with zero attached hydrogens (tertiary/aromatic N) is 3. The molecule has 3 aromatic rings. The van der Waals surface area contributed by atoms with Crippen LogP contribution in [0.25, 0.3) is 16.6 Å². The molecule has 0 saturated heterocycles. The second-order valence-electron chi connectivity index (χ2n) is 5.77. The second-order valence-corrected chi connectivity index (χ2v) is 5.77. The summed E-state index contributed by atoms with van der Waals surface area (Å²) in [7, 11) is 0. The second kappa shape index (κ2) is 5.06. The number of hydrogen-bond acceptors (Lipinski definition) is 3. The van der Waals surface area contributed by atoms with Gasteiger partial charge in [-0.05, 0) is 26.0 Å². The van der Waals surface area contributed by atoms with Crippen LogP contribution in [0, 0.1) is 0 Å². The summed E-state index contributed by atoms with van der Waals surface area (Å²) in [6, 6.07) is 7.71. The third kappa shape index (κ3) is 2.79. The molecule has 0 saturated carbocycles. The molecule has 0 radical (unpaired) electrons. The standard InChI is InChI=1S/C16H14F3N3O/c1-15(2,23)10-7-11(9-20-8-10)22-13-6-4-3-5-12(13)14(21-22)16(17,18)19/h3-9,23H,1-2H3. The van der Waals surface area contributed by atoms with E-state index in [4.69, 9.17) is 0 Å². The van der Waals surface area contributed by atoms with E-state index < -0.39 is 17.5 Å². The van der Waals surface area contributed by atoms with E-state index in [1.54, 1.807) is 32.0 Å². The maximum atomic E-state index is 13.2. The first kappa shape index (κ1) is 15.5. The van der Waals surface area contributed by atoms with E-state index in [0.717, 1.165) is 0 Å². The third-order valence-electron chi connectivity index (χ3n) is 3.53. The van der Waals surface area contributed by atoms with Crippen molar-refractivity contribution in [2.24, 2.45) is 0 Å². The SMILES string of the molecule is CC(C)(O)c1cncc(-n2nc(C(F)(F)F)c3ccccc32)c1. The number of fused-ring (bicyclic) bond motifs is 1. The van der Waals surface area contributed by atoms with Gasteiger partial charge in [-0.25, -0.2) is 4.68 Å². The van der Waals surface area contributed by atoms with Crippen LogP contribution in [-0.2, 0) is 11.8 Å². The summed E-state index contributed by atoms with van der Waals surface area (Å²) in [5.74, 6) is 0. The summed E-state index contributed by atoms with van der Waals surface area (Å²) in [5, 5.41) is 13.8. The molecule has 0 atom stereocenters. The number of hydrogen-bond donors (Lipinski definition) is 1. The van der Waals surface area contributed by atoms with E-state index in [1.807, 2.05) is 0 Å². The number of benzene rings is 1. The van der Waals surface area contributed by atoms with Crippen LogP contribution in [-0.4, -0.2) is 19.9 Å². The van der Waals surface area contributed by atoms with E-state index in [-0.39, 0.29) is 5.39 Å². The number of para-hydroxylation sites is 1. The molecule has 1 aromatic carbocycles. The topological polar surface area (TPSA) is 50.9 Å². The minimum atomic E-state index is -4.55. The van der Waals surface area contributed by atoms with Crippen molar-refractivity contribution in [3.8, 4) is 5.69 Å². The van der Waals surface area contributed by atoms with Crippen LogP contribution in [0.2, 0.25) is 0 Å². The van der Waals surface area contributed by atoms with Crippen molar-refractivity contribution in [3.63, 3.8) is 0 Å². The average molecular weight is 321 g/mol. The smallest absolute Gasteiger partial charge is 0.386 e. The van der Waals surface area contributed by atoms with Gasteiger partial charge in [-0.2, -0.15) is 18.3 Å². The molecule has 0 spiro atoms. The summed E-state index contributed by atoms with van der Waals surface area (Å²) in [4.78, 5) is 4.00. The highest BCUT2D eigenvalue weighted by atomic mass is 19.4. The van der Waals surface area contributed by atoms with Crippen LogP contribution >= 0.6 is 0 Å². The molecule has 0 amide bonds. The van der Waals surface area contributed by atoms with Crippen LogP contribution in [0.5, 0.6) is 0 Å². The Balaban J connectivity index is 2.26. The van der Waals surface area contributed by atoms with Gasteiger partial charge in [0.15, 0.2) is 5.69 Å². The van der Waals surface area contributed by atoms with Crippen molar-refractivity contribution in [2.45, 2.75) is 25.6 Å². The van der Waals surface area contributed by atoms with Gasteiger partial charge >= 0.3 is 6.18 Å². The van der Waals surface area contributed by atoms with Gasteiger partial charge in [0.1, 0.15) is 0 Å². The van der Waals surface area contributed by atoms with Crippen molar-refractivity contribution in [3.05, 3.63) is 54.0 Å². The van der Waals surface area contributed by atoms with Gasteiger partial charge in [-0.3, -0.25) is 4.98 Å². The summed E-state index contributed by atoms with van der Waals surface area (Å²) in [6.45, 7) is 3.16. The molecule has 2 aromatic heterocycles. The summed E-state index contributed by atoms with van der Waals surface area (Å²) >= 11 is 0. The van der Waals surface area contributed by atoms with Crippen LogP contribution in [0.15, 0.2) is 42.7 Å². The molecule has 120 valence electrons. The highest BCUT2D eigenvalue weighted by Gasteiger charge is 2.37. The number of halogens is 3. The minimum absolute atomic E-state index is 0.0219. The Labute approximate surface area is 130 Å². The molecule has 0 bridgehead atoms. The van der Waals surface area contributed by atoms with Gasteiger partial charge in [0.2, 0.25) is 0 Å². The predicted octanol–water partition coefficient (Wildman–Crippen LogP) is 3.67. The molecule has 0 unspecified atom stereocenters. The van der Waals surface area contributed by atoms with E-state index in [9.17, 15) is 18.3 Å². The predicted molar refractivity (Wildman–Crippen MR) is 79.1 cm³/mol. The largest absolute Gasteiger partial charge is 0.435 e. The van der Waals surface area contributed by atoms with Gasteiger partial charge in [0.05, 0.1) is 23.0 Å². The summed E-state index contributed by atoms with van der Waals surface area (Å²) in [6.07, 6.45) is -1.67. The molecule has 0 aliphatic carbocycles. The Morgan fingerprint density at radius 3 is 2.43 bits per heavy atom. The molecule has 2 heterocycles. The molecule has 0 fully saturated rings. The van der Waals surface area contributed by atoms with Crippen molar-refractivity contribution < 1.29 is 18.3 Å². The van der Waals surface area contributed by atoms with E-state index in [1.165, 1.54) is 29.2 Å². The van der Waals surface area contributed by atoms with Gasteiger partial charge in [-0.1, -0.05) is 18.2 Å². The maximum Gasteiger partial charge on any atom is 0.435 e. The number of aromatic nitrogens is 3. The van der Waals surface area contributed by atoms with Crippen molar-refractivity contribution in [1.82, 2.24) is 14.8 Å². The van der Waals surface area contributed by atoms with Crippen LogP contribution in [0.1, 0.15) is 25.1 Å². The maximum absolute atomic E-state index is 13.2. The lowest BCUT2D eigenvalue weighted by Crippen LogP contribution is -2.16. The fourth-order valence-corrected chi connectivity index (χ4v) is 2.35. The Morgan fingerprint density at radius 1 is 1.09 bits per heavy atom. The molecule has 1 N–H and O–H groups in total. The van der Waals surface area contributed by atoms with Crippen molar-refractivity contribution in [2.75, 3.05) is 0 Å². The monoisotopic (exact) mass is 321 g/mol. The third-order valence-corrected chi connectivity index (χ3v) is 3.53. The normalized spacial score (nSPS) is 12.8. The summed E-state index contributed by atoms with van der Waals surface area (Å²) in [5.41, 5.74) is -0.922. The van der Waals surface area contributed by atoms with Crippen molar-refractivity contribution in [1.29, 1.82) is 0 Å². The zero-order chi connectivity index (χ0) is 16.8. The Bertz CT molecular complexity index is 863. The fraction of sp³-hybridized carbons (Fsp3) is 0.250. The van der Waals surface area contributed by atoms with Gasteiger partial charge in [0, 0.05) is 17.1 Å². The minimum Gasteiger partial charge on any atom is -0.386 e. The molecule has 4 nitrogen and oxygen atoms in total. The van der Waals surface area contributed by atoms with E-state index >= 15 is 0 Å². The Hall–Kier alpha value is -2.41. The fourth-order valence-electron chi connectivity index (χ4n) is 2.35. The highest BCUT2D eigenvalue weighted by molar-refractivity contribution is 5.83. The number of pyridine rings is 1. The molecular formula is C16H14F3N3O. The highest BCUT2D eigenvalue weighted by Crippen LogP contribution is 2.35. The molecule has 0 aliphatic rings. The van der Waals surface area contributed by atoms with Crippen molar-refractivity contribution >= 4 is 10.9 Å². The zero-order valence-electron chi connectivity index (χ0n) is 12.5. The van der Waals surface area contributed by atoms with E-state index in [2.05, 4.69) is 10.1 Å². The average Bonchev–Trinajstić information content (AvgIpc) is 2.86. The number of rotatable bonds is 2. The molecule has 23 heavy (non-hydrogen) atoms.